The van der Waals surface area contributed by atoms with Gasteiger partial charge in [-0.2, -0.15) is 0 Å². The molecule has 0 spiro atoms. The Morgan fingerprint density at radius 2 is 1.75 bits per heavy atom. The van der Waals surface area contributed by atoms with E-state index in [9.17, 15) is 0 Å². The maximum Gasteiger partial charge on any atom is 0.190 e. The Labute approximate surface area is 75.5 Å². The first-order chi connectivity index (χ1) is 5.64. The van der Waals surface area contributed by atoms with Crippen LogP contribution in [0.1, 0.15) is 5.56 Å². The summed E-state index contributed by atoms with van der Waals surface area (Å²) in [6.07, 6.45) is 0. The van der Waals surface area contributed by atoms with Crippen molar-refractivity contribution in [1.82, 2.24) is 0 Å². The van der Waals surface area contributed by atoms with Crippen molar-refractivity contribution in [2.24, 2.45) is 0 Å². The average Bonchev–Trinajstić information content (AvgIpc) is 2.06. The number of rotatable bonds is 3. The van der Waals surface area contributed by atoms with Crippen LogP contribution >= 0.6 is 0 Å². The van der Waals surface area contributed by atoms with Crippen molar-refractivity contribution in [2.45, 2.75) is 19.1 Å². The lowest BCUT2D eigenvalue weighted by Gasteiger charge is -2.19. The predicted molar refractivity (Wildman–Crippen MR) is 54.6 cm³/mol. The van der Waals surface area contributed by atoms with Crippen molar-refractivity contribution in [3.63, 3.8) is 0 Å². The lowest BCUT2D eigenvalue weighted by molar-refractivity contribution is 0.403. The van der Waals surface area contributed by atoms with Crippen LogP contribution in [-0.4, -0.2) is 15.4 Å². The first kappa shape index (κ1) is 9.48. The van der Waals surface area contributed by atoms with Crippen molar-refractivity contribution < 1.29 is 4.43 Å². The molecule has 1 nitrogen and oxygen atoms in total. The molecule has 0 amide bonds. The van der Waals surface area contributed by atoms with Crippen LogP contribution in [0.5, 0.6) is 0 Å². The number of hydrogen-bond acceptors (Lipinski definition) is 1. The van der Waals surface area contributed by atoms with E-state index in [1.54, 1.807) is 0 Å². The molecule has 0 fully saturated rings. The molecule has 0 aliphatic heterocycles. The van der Waals surface area contributed by atoms with E-state index in [-0.39, 0.29) is 0 Å². The van der Waals surface area contributed by atoms with Crippen LogP contribution < -0.4 is 0 Å². The van der Waals surface area contributed by atoms with Gasteiger partial charge in [-0.15, -0.1) is 0 Å². The molecule has 1 aromatic carbocycles. The van der Waals surface area contributed by atoms with E-state index >= 15 is 0 Å². The van der Waals surface area contributed by atoms with E-state index in [0.29, 0.717) is 0 Å². The third-order valence-corrected chi connectivity index (χ3v) is 4.39. The second kappa shape index (κ2) is 3.87. The van der Waals surface area contributed by atoms with Crippen molar-refractivity contribution in [3.8, 4) is 0 Å². The Bertz CT molecular complexity index is 231. The van der Waals surface area contributed by atoms with E-state index in [2.05, 4.69) is 37.4 Å². The van der Waals surface area contributed by atoms with Gasteiger partial charge < -0.3 is 4.43 Å². The van der Waals surface area contributed by atoms with Crippen LogP contribution in [0.2, 0.25) is 13.1 Å². The van der Waals surface area contributed by atoms with Gasteiger partial charge in [-0.05, 0) is 24.7 Å². The van der Waals surface area contributed by atoms with Crippen LogP contribution in [-0.2, 0) is 10.5 Å². The molecule has 66 valence electrons. The molecule has 0 atom stereocenters. The maximum atomic E-state index is 5.48. The summed E-state index contributed by atoms with van der Waals surface area (Å²) in [5, 5.41) is 0. The third-order valence-electron chi connectivity index (χ3n) is 2.03. The Hall–Kier alpha value is -0.603. The normalized spacial score (nSPS) is 11.6. The van der Waals surface area contributed by atoms with E-state index < -0.39 is 8.32 Å². The molecule has 1 rings (SSSR count). The van der Waals surface area contributed by atoms with Crippen LogP contribution in [0.4, 0.5) is 0 Å². The number of benzene rings is 1. The second-order valence-corrected chi connectivity index (χ2v) is 7.91. The quantitative estimate of drug-likeness (QED) is 0.650. The smallest absolute Gasteiger partial charge is 0.190 e. The molecule has 0 aliphatic carbocycles. The summed E-state index contributed by atoms with van der Waals surface area (Å²) in [6.45, 7) is 4.47. The molecule has 0 radical (unpaired) electrons. The van der Waals surface area contributed by atoms with Crippen LogP contribution in [0.15, 0.2) is 30.3 Å². The van der Waals surface area contributed by atoms with Gasteiger partial charge in [0.15, 0.2) is 8.32 Å². The zero-order chi connectivity index (χ0) is 9.03. The molecule has 2 heteroatoms. The minimum absolute atomic E-state index is 1.10. The highest BCUT2D eigenvalue weighted by molar-refractivity contribution is 6.70. The lowest BCUT2D eigenvalue weighted by Crippen LogP contribution is -2.32. The summed E-state index contributed by atoms with van der Waals surface area (Å²) >= 11 is 0. The summed E-state index contributed by atoms with van der Waals surface area (Å²) in [4.78, 5) is 0. The van der Waals surface area contributed by atoms with Crippen LogP contribution in [0, 0.1) is 0 Å². The van der Waals surface area contributed by atoms with Gasteiger partial charge in [0.1, 0.15) is 0 Å². The maximum absolute atomic E-state index is 5.48. The summed E-state index contributed by atoms with van der Waals surface area (Å²) in [6, 6.07) is 11.6. The van der Waals surface area contributed by atoms with Gasteiger partial charge in [-0.25, -0.2) is 0 Å². The zero-order valence-electron chi connectivity index (χ0n) is 8.00. The molecule has 12 heavy (non-hydrogen) atoms. The fourth-order valence-electron chi connectivity index (χ4n) is 1.16. The second-order valence-electron chi connectivity index (χ2n) is 3.63. The fraction of sp³-hybridized carbons (Fsp3) is 0.400. The summed E-state index contributed by atoms with van der Waals surface area (Å²) in [5.41, 5.74) is 1.39. The summed E-state index contributed by atoms with van der Waals surface area (Å²) < 4.78 is 5.48. The third kappa shape index (κ3) is 2.79. The van der Waals surface area contributed by atoms with Crippen molar-refractivity contribution in [3.05, 3.63) is 35.9 Å². The summed E-state index contributed by atoms with van der Waals surface area (Å²) in [5.74, 6) is 0. The van der Waals surface area contributed by atoms with E-state index in [1.807, 2.05) is 13.2 Å². The number of hydrogen-bond donors (Lipinski definition) is 0. The average molecular weight is 180 g/mol. The van der Waals surface area contributed by atoms with E-state index in [1.165, 1.54) is 5.56 Å². The molecule has 0 aromatic heterocycles. The molecular formula is C10H16OSi. The molecule has 0 bridgehead atoms. The van der Waals surface area contributed by atoms with Crippen LogP contribution in [0.25, 0.3) is 0 Å². The Kier molecular flexibility index (Phi) is 3.06. The van der Waals surface area contributed by atoms with Crippen molar-refractivity contribution >= 4 is 8.32 Å². The van der Waals surface area contributed by atoms with E-state index in [4.69, 9.17) is 4.43 Å². The highest BCUT2D eigenvalue weighted by Gasteiger charge is 2.20. The topological polar surface area (TPSA) is 9.23 Å². The van der Waals surface area contributed by atoms with Crippen LogP contribution in [0.3, 0.4) is 0 Å². The predicted octanol–water partition coefficient (Wildman–Crippen LogP) is 2.62. The molecule has 0 saturated heterocycles. The molecule has 0 aliphatic rings. The molecule has 0 heterocycles. The van der Waals surface area contributed by atoms with Crippen molar-refractivity contribution in [2.75, 3.05) is 7.11 Å². The van der Waals surface area contributed by atoms with Gasteiger partial charge in [0.2, 0.25) is 0 Å². The van der Waals surface area contributed by atoms with Gasteiger partial charge in [0.05, 0.1) is 0 Å². The molecule has 0 N–H and O–H groups in total. The Morgan fingerprint density at radius 1 is 1.17 bits per heavy atom. The SMILES string of the molecule is CO[Si](C)(C)Cc1ccccc1. The van der Waals surface area contributed by atoms with Gasteiger partial charge in [0, 0.05) is 7.11 Å². The van der Waals surface area contributed by atoms with Gasteiger partial charge in [-0.3, -0.25) is 0 Å². The van der Waals surface area contributed by atoms with Crippen molar-refractivity contribution in [1.29, 1.82) is 0 Å². The standard InChI is InChI=1S/C10H16OSi/c1-11-12(2,3)9-10-7-5-4-6-8-10/h4-8H,9H2,1-3H3. The zero-order valence-corrected chi connectivity index (χ0v) is 9.00. The summed E-state index contributed by atoms with van der Waals surface area (Å²) in [7, 11) is 0.397. The largest absolute Gasteiger partial charge is 0.420 e. The first-order valence-electron chi connectivity index (χ1n) is 4.23. The molecular weight excluding hydrogens is 164 g/mol. The van der Waals surface area contributed by atoms with Gasteiger partial charge in [0.25, 0.3) is 0 Å². The monoisotopic (exact) mass is 180 g/mol. The Balaban J connectivity index is 2.64. The van der Waals surface area contributed by atoms with E-state index in [0.717, 1.165) is 6.04 Å². The minimum atomic E-state index is -1.42. The Morgan fingerprint density at radius 3 is 2.25 bits per heavy atom. The first-order valence-corrected chi connectivity index (χ1v) is 7.35. The lowest BCUT2D eigenvalue weighted by atomic mass is 10.2. The van der Waals surface area contributed by atoms with Gasteiger partial charge >= 0.3 is 0 Å². The van der Waals surface area contributed by atoms with Gasteiger partial charge in [-0.1, -0.05) is 30.3 Å². The highest BCUT2D eigenvalue weighted by atomic mass is 28.4. The fourth-order valence-corrected chi connectivity index (χ4v) is 2.52. The minimum Gasteiger partial charge on any atom is -0.420 e. The molecule has 1 aromatic rings. The molecule has 0 saturated carbocycles. The molecule has 0 unspecified atom stereocenters. The highest BCUT2D eigenvalue weighted by Crippen LogP contribution is 2.11.